The lowest BCUT2D eigenvalue weighted by molar-refractivity contribution is 0.176. The predicted octanol–water partition coefficient (Wildman–Crippen LogP) is 5.31. The lowest BCUT2D eigenvalue weighted by Gasteiger charge is -2.09. The van der Waals surface area contributed by atoms with Crippen LogP contribution < -0.4 is 9.47 Å². The van der Waals surface area contributed by atoms with E-state index in [0.29, 0.717) is 11.6 Å². The molecule has 1 saturated heterocycles. The molecule has 0 aliphatic carbocycles. The van der Waals surface area contributed by atoms with Gasteiger partial charge in [0.2, 0.25) is 6.29 Å². The molecule has 0 N–H and O–H groups in total. The second-order valence-electron chi connectivity index (χ2n) is 7.03. The van der Waals surface area contributed by atoms with Gasteiger partial charge in [0, 0.05) is 5.56 Å². The van der Waals surface area contributed by atoms with Crippen LogP contribution in [0.3, 0.4) is 0 Å². The van der Waals surface area contributed by atoms with Crippen LogP contribution in [0.15, 0.2) is 30.5 Å². The van der Waals surface area contributed by atoms with Gasteiger partial charge in [-0.25, -0.2) is 9.97 Å². The molecule has 2 aromatic rings. The Labute approximate surface area is 162 Å². The number of unbranched alkanes of at least 4 members (excludes halogenated alkanes) is 3. The smallest absolute Gasteiger partial charge is 0.227 e. The molecule has 146 valence electrons. The Kier molecular flexibility index (Phi) is 7.04. The molecule has 0 spiro atoms. The molecule has 5 nitrogen and oxygen atoms in total. The highest BCUT2D eigenvalue weighted by atomic mass is 16.8. The van der Waals surface area contributed by atoms with Gasteiger partial charge in [-0.2, -0.15) is 0 Å². The van der Waals surface area contributed by atoms with E-state index in [1.54, 1.807) is 6.20 Å². The molecule has 5 heteroatoms. The van der Waals surface area contributed by atoms with Crippen LogP contribution in [0, 0.1) is 6.92 Å². The van der Waals surface area contributed by atoms with Crippen molar-refractivity contribution < 1.29 is 14.2 Å². The van der Waals surface area contributed by atoms with Crippen LogP contribution in [0.2, 0.25) is 0 Å². The Morgan fingerprint density at radius 3 is 2.56 bits per heavy atom. The topological polar surface area (TPSA) is 56.8 Å². The molecule has 2 heterocycles. The molecular weight excluding hydrogens is 340 g/mol. The van der Waals surface area contributed by atoms with Gasteiger partial charge in [0.25, 0.3) is 0 Å². The number of epoxide rings is 1. The maximum Gasteiger partial charge on any atom is 0.227 e. The van der Waals surface area contributed by atoms with E-state index < -0.39 is 0 Å². The Morgan fingerprint density at radius 2 is 1.85 bits per heavy atom. The third-order valence-corrected chi connectivity index (χ3v) is 4.67. The highest BCUT2D eigenvalue weighted by Gasteiger charge is 2.40. The zero-order chi connectivity index (χ0) is 19.1. The summed E-state index contributed by atoms with van der Waals surface area (Å²) in [4.78, 5) is 9.04. The van der Waals surface area contributed by atoms with Crippen molar-refractivity contribution in [1.29, 1.82) is 0 Å². The van der Waals surface area contributed by atoms with Crippen molar-refractivity contribution in [3.05, 3.63) is 36.2 Å². The first kappa shape index (κ1) is 19.6. The van der Waals surface area contributed by atoms with Gasteiger partial charge in [-0.1, -0.05) is 39.5 Å². The zero-order valence-electron chi connectivity index (χ0n) is 16.6. The minimum Gasteiger partial charge on any atom is -0.494 e. The SMILES string of the molecule is CCCCCCOc1ccc(-c2ncc(O[C@@H]3O[C@H]3CCC)c(C)n2)cc1. The van der Waals surface area contributed by atoms with Crippen molar-refractivity contribution in [2.24, 2.45) is 0 Å². The van der Waals surface area contributed by atoms with E-state index in [1.165, 1.54) is 19.3 Å². The van der Waals surface area contributed by atoms with Gasteiger partial charge in [0.1, 0.15) is 11.9 Å². The van der Waals surface area contributed by atoms with Crippen LogP contribution in [-0.2, 0) is 4.74 Å². The van der Waals surface area contributed by atoms with Crippen molar-refractivity contribution in [2.75, 3.05) is 6.61 Å². The van der Waals surface area contributed by atoms with Crippen LogP contribution >= 0.6 is 0 Å². The van der Waals surface area contributed by atoms with E-state index in [0.717, 1.165) is 42.9 Å². The van der Waals surface area contributed by atoms with Crippen LogP contribution in [0.4, 0.5) is 0 Å². The molecule has 0 saturated carbocycles. The van der Waals surface area contributed by atoms with E-state index in [4.69, 9.17) is 14.2 Å². The monoisotopic (exact) mass is 370 g/mol. The van der Waals surface area contributed by atoms with Crippen LogP contribution in [0.1, 0.15) is 58.1 Å². The van der Waals surface area contributed by atoms with Crippen LogP contribution in [-0.4, -0.2) is 29.0 Å². The first-order chi connectivity index (χ1) is 13.2. The lowest BCUT2D eigenvalue weighted by atomic mass is 10.2. The summed E-state index contributed by atoms with van der Waals surface area (Å²) in [6.07, 6.45) is 8.75. The standard InChI is InChI=1S/C22H30N2O3/c1-4-6-7-8-14-25-18-12-10-17(11-13-18)21-23-15-20(16(3)24-21)27-22-19(26-22)9-5-2/h10-13,15,19,22H,4-9,14H2,1-3H3/t19-,22-/m0/s1. The average molecular weight is 370 g/mol. The predicted molar refractivity (Wildman–Crippen MR) is 106 cm³/mol. The van der Waals surface area contributed by atoms with Gasteiger partial charge in [0.05, 0.1) is 18.5 Å². The largest absolute Gasteiger partial charge is 0.494 e. The summed E-state index contributed by atoms with van der Waals surface area (Å²) in [7, 11) is 0. The normalized spacial score (nSPS) is 18.3. The molecule has 1 aliphatic heterocycles. The second kappa shape index (κ2) is 9.70. The summed E-state index contributed by atoms with van der Waals surface area (Å²) in [6.45, 7) is 7.06. The van der Waals surface area contributed by atoms with E-state index in [-0.39, 0.29) is 12.4 Å². The zero-order valence-corrected chi connectivity index (χ0v) is 16.6. The van der Waals surface area contributed by atoms with Gasteiger partial charge in [-0.15, -0.1) is 0 Å². The van der Waals surface area contributed by atoms with Gasteiger partial charge in [-0.05, 0) is 44.0 Å². The molecule has 27 heavy (non-hydrogen) atoms. The second-order valence-corrected chi connectivity index (χ2v) is 7.03. The molecule has 0 amide bonds. The van der Waals surface area contributed by atoms with Crippen molar-refractivity contribution >= 4 is 0 Å². The number of rotatable bonds is 11. The number of benzene rings is 1. The number of hydrogen-bond acceptors (Lipinski definition) is 5. The van der Waals surface area contributed by atoms with Crippen LogP contribution in [0.5, 0.6) is 11.5 Å². The molecule has 1 aromatic heterocycles. The highest BCUT2D eigenvalue weighted by Crippen LogP contribution is 2.31. The maximum atomic E-state index is 5.84. The molecule has 2 atom stereocenters. The first-order valence-electron chi connectivity index (χ1n) is 10.1. The van der Waals surface area contributed by atoms with Crippen molar-refractivity contribution in [3.63, 3.8) is 0 Å². The number of ether oxygens (including phenoxy) is 3. The molecule has 1 fully saturated rings. The molecule has 0 bridgehead atoms. The lowest BCUT2D eigenvalue weighted by Crippen LogP contribution is -2.06. The van der Waals surface area contributed by atoms with Gasteiger partial charge < -0.3 is 14.2 Å². The maximum absolute atomic E-state index is 5.84. The average Bonchev–Trinajstić information content (AvgIpc) is 3.41. The minimum atomic E-state index is -0.146. The van der Waals surface area contributed by atoms with Crippen molar-refractivity contribution in [2.45, 2.75) is 71.7 Å². The number of aryl methyl sites for hydroxylation is 1. The summed E-state index contributed by atoms with van der Waals surface area (Å²) in [5.74, 6) is 2.27. The highest BCUT2D eigenvalue weighted by molar-refractivity contribution is 5.56. The van der Waals surface area contributed by atoms with Crippen molar-refractivity contribution in [3.8, 4) is 22.9 Å². The molecule has 3 rings (SSSR count). The van der Waals surface area contributed by atoms with E-state index in [9.17, 15) is 0 Å². The fourth-order valence-electron chi connectivity index (χ4n) is 2.97. The summed E-state index contributed by atoms with van der Waals surface area (Å²) < 4.78 is 17.1. The van der Waals surface area contributed by atoms with E-state index in [2.05, 4.69) is 23.8 Å². The third-order valence-electron chi connectivity index (χ3n) is 4.67. The van der Waals surface area contributed by atoms with Gasteiger partial charge in [0.15, 0.2) is 11.6 Å². The molecule has 1 aliphatic rings. The number of nitrogens with zero attached hydrogens (tertiary/aromatic N) is 2. The molecular formula is C22H30N2O3. The third kappa shape index (κ3) is 5.67. The summed E-state index contributed by atoms with van der Waals surface area (Å²) >= 11 is 0. The van der Waals surface area contributed by atoms with E-state index in [1.807, 2.05) is 31.2 Å². The van der Waals surface area contributed by atoms with Crippen LogP contribution in [0.25, 0.3) is 11.4 Å². The quantitative estimate of drug-likeness (QED) is 0.396. The molecule has 1 aromatic carbocycles. The Hall–Kier alpha value is -2.14. The van der Waals surface area contributed by atoms with Crippen molar-refractivity contribution in [1.82, 2.24) is 9.97 Å². The number of hydrogen-bond donors (Lipinski definition) is 0. The van der Waals surface area contributed by atoms with E-state index >= 15 is 0 Å². The van der Waals surface area contributed by atoms with Gasteiger partial charge >= 0.3 is 0 Å². The Bertz CT molecular complexity index is 718. The fraction of sp³-hybridized carbons (Fsp3) is 0.545. The Balaban J connectivity index is 1.54. The Morgan fingerprint density at radius 1 is 1.04 bits per heavy atom. The summed E-state index contributed by atoms with van der Waals surface area (Å²) in [6, 6.07) is 7.95. The molecule has 0 unspecified atom stereocenters. The minimum absolute atomic E-state index is 0.146. The fourth-order valence-corrected chi connectivity index (χ4v) is 2.97. The summed E-state index contributed by atoms with van der Waals surface area (Å²) in [5, 5.41) is 0. The number of aromatic nitrogens is 2. The van der Waals surface area contributed by atoms with Gasteiger partial charge in [-0.3, -0.25) is 0 Å². The summed E-state index contributed by atoms with van der Waals surface area (Å²) in [5.41, 5.74) is 1.79. The molecule has 0 radical (unpaired) electrons. The first-order valence-corrected chi connectivity index (χ1v) is 10.1.